The lowest BCUT2D eigenvalue weighted by atomic mass is 9.73. The van der Waals surface area contributed by atoms with Crippen molar-refractivity contribution in [2.45, 2.75) is 52.0 Å². The molecule has 1 aliphatic carbocycles. The number of ether oxygens (including phenoxy) is 1. The highest BCUT2D eigenvalue weighted by Crippen LogP contribution is 2.38. The molecular weight excluding hydrogens is 374 g/mol. The number of hydrogen-bond donors (Lipinski definition) is 2. The topological polar surface area (TPSA) is 105 Å². The lowest BCUT2D eigenvalue weighted by molar-refractivity contribution is -0.150. The number of urea groups is 1. The summed E-state index contributed by atoms with van der Waals surface area (Å²) in [6.45, 7) is 4.72. The van der Waals surface area contributed by atoms with E-state index in [0.29, 0.717) is 12.1 Å². The van der Waals surface area contributed by atoms with Crippen LogP contribution >= 0.6 is 0 Å². The van der Waals surface area contributed by atoms with Crippen molar-refractivity contribution in [2.24, 2.45) is 5.92 Å². The van der Waals surface area contributed by atoms with Gasteiger partial charge in [-0.1, -0.05) is 31.9 Å². The zero-order chi connectivity index (χ0) is 21.2. The van der Waals surface area contributed by atoms with Crippen LogP contribution in [0.1, 0.15) is 43.7 Å². The minimum atomic E-state index is -0.921. The summed E-state index contributed by atoms with van der Waals surface area (Å²) in [6.07, 6.45) is 3.29. The van der Waals surface area contributed by atoms with E-state index in [9.17, 15) is 19.2 Å². The Labute approximate surface area is 170 Å². The Morgan fingerprint density at radius 2 is 2.03 bits per heavy atom. The standard InChI is InChI=1S/C21H27N3O5/c1-13-7-8-14(2)16(10-13)22-17(25)12-29-18(26)11-24-19(27)21(23-20(24)28)9-5-4-6-15(21)3/h7-8,10,15H,4-6,9,11-12H2,1-3H3,(H,22,25)(H,23,28)/t15-,21+/m1/s1. The van der Waals surface area contributed by atoms with Crippen LogP contribution < -0.4 is 10.6 Å². The Balaban J connectivity index is 1.54. The molecule has 8 heteroatoms. The summed E-state index contributed by atoms with van der Waals surface area (Å²) in [6, 6.07) is 5.06. The van der Waals surface area contributed by atoms with Crippen molar-refractivity contribution in [2.75, 3.05) is 18.5 Å². The molecule has 0 bridgehead atoms. The van der Waals surface area contributed by atoms with Crippen LogP contribution in [0.4, 0.5) is 10.5 Å². The number of carbonyl (C=O) groups excluding carboxylic acids is 4. The van der Waals surface area contributed by atoms with Crippen LogP contribution in [-0.4, -0.2) is 47.4 Å². The van der Waals surface area contributed by atoms with Crippen LogP contribution in [0.3, 0.4) is 0 Å². The minimum absolute atomic E-state index is 0.0112. The van der Waals surface area contributed by atoms with Crippen LogP contribution in [0, 0.1) is 19.8 Å². The lowest BCUT2D eigenvalue weighted by Gasteiger charge is -2.36. The molecule has 4 amide bonds. The molecule has 1 aliphatic heterocycles. The number of imide groups is 1. The maximum Gasteiger partial charge on any atom is 0.326 e. The summed E-state index contributed by atoms with van der Waals surface area (Å²) in [7, 11) is 0. The largest absolute Gasteiger partial charge is 0.454 e. The maximum atomic E-state index is 12.8. The number of rotatable bonds is 5. The second-order valence-electron chi connectivity index (χ2n) is 7.97. The predicted octanol–water partition coefficient (Wildman–Crippen LogP) is 2.29. The molecule has 0 radical (unpaired) electrons. The van der Waals surface area contributed by atoms with Gasteiger partial charge in [-0.3, -0.25) is 19.3 Å². The number of nitrogens with one attached hydrogen (secondary N) is 2. The maximum absolute atomic E-state index is 12.8. The molecule has 2 aliphatic rings. The van der Waals surface area contributed by atoms with E-state index in [-0.39, 0.29) is 11.8 Å². The zero-order valence-electron chi connectivity index (χ0n) is 17.0. The third-order valence-electron chi connectivity index (χ3n) is 5.82. The van der Waals surface area contributed by atoms with E-state index in [1.165, 1.54) is 0 Å². The van der Waals surface area contributed by atoms with E-state index in [4.69, 9.17) is 4.74 Å². The summed E-state index contributed by atoms with van der Waals surface area (Å²) in [5, 5.41) is 5.48. The Hall–Kier alpha value is -2.90. The molecule has 2 atom stereocenters. The molecule has 156 valence electrons. The number of aryl methyl sites for hydroxylation is 2. The van der Waals surface area contributed by atoms with Gasteiger partial charge in [-0.25, -0.2) is 4.79 Å². The van der Waals surface area contributed by atoms with E-state index in [1.54, 1.807) is 0 Å². The highest BCUT2D eigenvalue weighted by molar-refractivity contribution is 6.09. The first-order valence-electron chi connectivity index (χ1n) is 9.90. The van der Waals surface area contributed by atoms with Gasteiger partial charge in [0.15, 0.2) is 6.61 Å². The summed E-state index contributed by atoms with van der Waals surface area (Å²) in [5.41, 5.74) is 1.61. The molecule has 1 saturated carbocycles. The number of amides is 4. The molecule has 0 unspecified atom stereocenters. The van der Waals surface area contributed by atoms with Gasteiger partial charge in [-0.05, 0) is 49.8 Å². The second-order valence-corrected chi connectivity index (χ2v) is 7.97. The molecular formula is C21H27N3O5. The van der Waals surface area contributed by atoms with Crippen LogP contribution in [0.2, 0.25) is 0 Å². The van der Waals surface area contributed by atoms with Crippen molar-refractivity contribution in [1.29, 1.82) is 0 Å². The molecule has 8 nitrogen and oxygen atoms in total. The SMILES string of the molecule is Cc1ccc(C)c(NC(=O)COC(=O)CN2C(=O)N[C@]3(CCCC[C@H]3C)C2=O)c1. The number of anilines is 1. The molecule has 1 aromatic carbocycles. The molecule has 0 aromatic heterocycles. The fourth-order valence-electron chi connectivity index (χ4n) is 4.02. The summed E-state index contributed by atoms with van der Waals surface area (Å²) in [4.78, 5) is 50.3. The van der Waals surface area contributed by atoms with E-state index < -0.39 is 36.6 Å². The van der Waals surface area contributed by atoms with Gasteiger partial charge in [0.05, 0.1) is 0 Å². The Morgan fingerprint density at radius 1 is 1.28 bits per heavy atom. The number of carbonyl (C=O) groups is 4. The van der Waals surface area contributed by atoms with E-state index in [1.807, 2.05) is 39.0 Å². The first-order valence-corrected chi connectivity index (χ1v) is 9.90. The van der Waals surface area contributed by atoms with Crippen LogP contribution in [-0.2, 0) is 19.1 Å². The zero-order valence-corrected chi connectivity index (χ0v) is 17.0. The van der Waals surface area contributed by atoms with Gasteiger partial charge in [0.2, 0.25) is 0 Å². The third-order valence-corrected chi connectivity index (χ3v) is 5.82. The highest BCUT2D eigenvalue weighted by atomic mass is 16.5. The molecule has 1 aromatic rings. The third kappa shape index (κ3) is 4.26. The van der Waals surface area contributed by atoms with Crippen molar-refractivity contribution >= 4 is 29.5 Å². The fraction of sp³-hybridized carbons (Fsp3) is 0.524. The quantitative estimate of drug-likeness (QED) is 0.582. The van der Waals surface area contributed by atoms with Crippen LogP contribution in [0.5, 0.6) is 0 Å². The second kappa shape index (κ2) is 8.23. The number of esters is 1. The van der Waals surface area contributed by atoms with Gasteiger partial charge in [-0.2, -0.15) is 0 Å². The predicted molar refractivity (Wildman–Crippen MR) is 106 cm³/mol. The number of nitrogens with zero attached hydrogens (tertiary/aromatic N) is 1. The van der Waals surface area contributed by atoms with Crippen LogP contribution in [0.25, 0.3) is 0 Å². The average molecular weight is 401 g/mol. The van der Waals surface area contributed by atoms with Gasteiger partial charge >= 0.3 is 12.0 Å². The summed E-state index contributed by atoms with van der Waals surface area (Å²) >= 11 is 0. The number of benzene rings is 1. The van der Waals surface area contributed by atoms with Crippen molar-refractivity contribution in [3.05, 3.63) is 29.3 Å². The molecule has 1 saturated heterocycles. The van der Waals surface area contributed by atoms with E-state index in [0.717, 1.165) is 35.3 Å². The van der Waals surface area contributed by atoms with Crippen molar-refractivity contribution < 1.29 is 23.9 Å². The first-order chi connectivity index (χ1) is 13.7. The monoisotopic (exact) mass is 401 g/mol. The molecule has 29 heavy (non-hydrogen) atoms. The highest BCUT2D eigenvalue weighted by Gasteiger charge is 2.55. The Bertz CT molecular complexity index is 853. The molecule has 1 heterocycles. The average Bonchev–Trinajstić information content (AvgIpc) is 2.90. The normalized spacial score (nSPS) is 23.8. The minimum Gasteiger partial charge on any atom is -0.454 e. The molecule has 1 spiro atoms. The van der Waals surface area contributed by atoms with Gasteiger partial charge in [0, 0.05) is 5.69 Å². The molecule has 2 fully saturated rings. The van der Waals surface area contributed by atoms with Gasteiger partial charge in [-0.15, -0.1) is 0 Å². The van der Waals surface area contributed by atoms with Gasteiger partial charge in [0.25, 0.3) is 11.8 Å². The lowest BCUT2D eigenvalue weighted by Crippen LogP contribution is -2.54. The fourth-order valence-corrected chi connectivity index (χ4v) is 4.02. The van der Waals surface area contributed by atoms with Gasteiger partial charge < -0.3 is 15.4 Å². The Morgan fingerprint density at radius 3 is 2.76 bits per heavy atom. The van der Waals surface area contributed by atoms with Crippen molar-refractivity contribution in [3.8, 4) is 0 Å². The number of hydrogen-bond acceptors (Lipinski definition) is 5. The molecule has 2 N–H and O–H groups in total. The smallest absolute Gasteiger partial charge is 0.326 e. The van der Waals surface area contributed by atoms with E-state index >= 15 is 0 Å². The van der Waals surface area contributed by atoms with E-state index in [2.05, 4.69) is 10.6 Å². The van der Waals surface area contributed by atoms with Crippen molar-refractivity contribution in [3.63, 3.8) is 0 Å². The first kappa shape index (κ1) is 20.8. The van der Waals surface area contributed by atoms with Gasteiger partial charge in [0.1, 0.15) is 12.1 Å². The summed E-state index contributed by atoms with van der Waals surface area (Å²) < 4.78 is 4.98. The molecule has 3 rings (SSSR count). The van der Waals surface area contributed by atoms with Crippen molar-refractivity contribution in [1.82, 2.24) is 10.2 Å². The Kier molecular flexibility index (Phi) is 5.91. The summed E-state index contributed by atoms with van der Waals surface area (Å²) in [5.74, 6) is -1.66. The van der Waals surface area contributed by atoms with Crippen LogP contribution in [0.15, 0.2) is 18.2 Å².